The monoisotopic (exact) mass is 422 g/mol. The largest absolute Gasteiger partial charge is 0.454 e. The van der Waals surface area contributed by atoms with Crippen molar-refractivity contribution in [3.05, 3.63) is 59.7 Å². The first-order chi connectivity index (χ1) is 15.0. The lowest BCUT2D eigenvalue weighted by molar-refractivity contribution is -0.146. The summed E-state index contributed by atoms with van der Waals surface area (Å²) in [5.74, 6) is -0.467. The Kier molecular flexibility index (Phi) is 11.1. The Balaban J connectivity index is 1.86. The van der Waals surface area contributed by atoms with Crippen LogP contribution >= 0.6 is 0 Å². The molecule has 0 saturated carbocycles. The van der Waals surface area contributed by atoms with Crippen LogP contribution in [0.2, 0.25) is 0 Å². The maximum absolute atomic E-state index is 12.6. The molecule has 1 unspecified atom stereocenters. The highest BCUT2D eigenvalue weighted by Crippen LogP contribution is 2.22. The van der Waals surface area contributed by atoms with E-state index >= 15 is 0 Å². The van der Waals surface area contributed by atoms with Crippen molar-refractivity contribution in [1.29, 1.82) is 0 Å². The fraction of sp³-hybridized carbons (Fsp3) is 0.500. The number of unbranched alkanes of at least 4 members (excludes halogenated alkanes) is 6. The molecular weight excluding hydrogens is 384 g/mol. The zero-order valence-electron chi connectivity index (χ0n) is 19.5. The minimum absolute atomic E-state index is 0.161. The molecule has 2 aromatic rings. The van der Waals surface area contributed by atoms with E-state index in [4.69, 9.17) is 4.74 Å². The molecule has 2 aromatic carbocycles. The molecule has 0 aromatic heterocycles. The van der Waals surface area contributed by atoms with Gasteiger partial charge in [0.05, 0.1) is 0 Å². The van der Waals surface area contributed by atoms with Gasteiger partial charge in [-0.1, -0.05) is 101 Å². The normalized spacial score (nSPS) is 11.8. The second-order valence-electron chi connectivity index (χ2n) is 8.39. The van der Waals surface area contributed by atoms with E-state index in [9.17, 15) is 9.59 Å². The van der Waals surface area contributed by atoms with Gasteiger partial charge in [0, 0.05) is 12.0 Å². The van der Waals surface area contributed by atoms with Crippen LogP contribution in [0.4, 0.5) is 0 Å². The van der Waals surface area contributed by atoms with Crippen LogP contribution in [-0.4, -0.2) is 17.9 Å². The molecule has 1 atom stereocenters. The number of benzene rings is 2. The van der Waals surface area contributed by atoms with E-state index in [0.29, 0.717) is 12.0 Å². The minimum Gasteiger partial charge on any atom is -0.454 e. The van der Waals surface area contributed by atoms with Crippen LogP contribution in [0.15, 0.2) is 48.5 Å². The molecule has 168 valence electrons. The van der Waals surface area contributed by atoms with Crippen molar-refractivity contribution < 1.29 is 14.3 Å². The molecule has 3 nitrogen and oxygen atoms in total. The molecule has 0 aliphatic heterocycles. The summed E-state index contributed by atoms with van der Waals surface area (Å²) in [6.07, 6.45) is 10.4. The third-order valence-corrected chi connectivity index (χ3v) is 5.69. The molecule has 0 heterocycles. The first kappa shape index (κ1) is 24.8. The van der Waals surface area contributed by atoms with E-state index in [-0.39, 0.29) is 11.8 Å². The molecule has 0 saturated heterocycles. The van der Waals surface area contributed by atoms with Crippen LogP contribution in [-0.2, 0) is 16.0 Å². The molecule has 2 rings (SSSR count). The van der Waals surface area contributed by atoms with E-state index in [1.807, 2.05) is 31.2 Å². The fourth-order valence-corrected chi connectivity index (χ4v) is 3.67. The average Bonchev–Trinajstić information content (AvgIpc) is 2.80. The number of hydrogen-bond acceptors (Lipinski definition) is 3. The van der Waals surface area contributed by atoms with E-state index in [1.165, 1.54) is 44.1 Å². The van der Waals surface area contributed by atoms with Gasteiger partial charge in [0.15, 0.2) is 6.10 Å². The SMILES string of the molecule is CCCCCCCCc1ccc(-c2ccc(C(=O)C(C)OC(=O)CCCC)cc2)cc1. The molecule has 0 spiro atoms. The number of ether oxygens (including phenoxy) is 1. The van der Waals surface area contributed by atoms with Crippen molar-refractivity contribution in [3.8, 4) is 11.1 Å². The number of aryl methyl sites for hydroxylation is 1. The second-order valence-corrected chi connectivity index (χ2v) is 8.39. The van der Waals surface area contributed by atoms with Gasteiger partial charge in [-0.25, -0.2) is 0 Å². The molecule has 31 heavy (non-hydrogen) atoms. The Bertz CT molecular complexity index is 790. The Morgan fingerprint density at radius 1 is 0.742 bits per heavy atom. The number of esters is 1. The predicted molar refractivity (Wildman–Crippen MR) is 128 cm³/mol. The summed E-state index contributed by atoms with van der Waals surface area (Å²) in [6, 6.07) is 16.3. The summed E-state index contributed by atoms with van der Waals surface area (Å²) >= 11 is 0. The summed E-state index contributed by atoms with van der Waals surface area (Å²) in [5.41, 5.74) is 4.17. The summed E-state index contributed by atoms with van der Waals surface area (Å²) in [5, 5.41) is 0. The second kappa shape index (κ2) is 13.8. The van der Waals surface area contributed by atoms with Gasteiger partial charge >= 0.3 is 5.97 Å². The predicted octanol–water partition coefficient (Wildman–Crippen LogP) is 7.56. The van der Waals surface area contributed by atoms with E-state index in [1.54, 1.807) is 6.92 Å². The Morgan fingerprint density at radius 3 is 1.90 bits per heavy atom. The number of hydrogen-bond donors (Lipinski definition) is 0. The van der Waals surface area contributed by atoms with E-state index < -0.39 is 6.10 Å². The van der Waals surface area contributed by atoms with Crippen molar-refractivity contribution in [2.24, 2.45) is 0 Å². The Hall–Kier alpha value is -2.42. The van der Waals surface area contributed by atoms with Crippen LogP contribution in [0.25, 0.3) is 11.1 Å². The quantitative estimate of drug-likeness (QED) is 0.179. The lowest BCUT2D eigenvalue weighted by Gasteiger charge is -2.12. The highest BCUT2D eigenvalue weighted by atomic mass is 16.5. The molecule has 3 heteroatoms. The first-order valence-electron chi connectivity index (χ1n) is 12.0. The van der Waals surface area contributed by atoms with Crippen LogP contribution in [0.1, 0.15) is 94.5 Å². The van der Waals surface area contributed by atoms with Gasteiger partial charge in [-0.2, -0.15) is 0 Å². The molecule has 0 N–H and O–H groups in total. The summed E-state index contributed by atoms with van der Waals surface area (Å²) in [4.78, 5) is 24.3. The molecule has 0 amide bonds. The molecule has 0 aliphatic carbocycles. The van der Waals surface area contributed by atoms with Gasteiger partial charge in [0.25, 0.3) is 0 Å². The lowest BCUT2D eigenvalue weighted by Crippen LogP contribution is -2.24. The highest BCUT2D eigenvalue weighted by molar-refractivity contribution is 6.00. The smallest absolute Gasteiger partial charge is 0.306 e. The Labute approximate surface area is 188 Å². The van der Waals surface area contributed by atoms with Crippen LogP contribution < -0.4 is 0 Å². The van der Waals surface area contributed by atoms with Crippen LogP contribution in [0.5, 0.6) is 0 Å². The van der Waals surface area contributed by atoms with Crippen molar-refractivity contribution >= 4 is 11.8 Å². The lowest BCUT2D eigenvalue weighted by atomic mass is 9.98. The maximum Gasteiger partial charge on any atom is 0.306 e. The Morgan fingerprint density at radius 2 is 1.29 bits per heavy atom. The van der Waals surface area contributed by atoms with Crippen molar-refractivity contribution in [2.45, 2.75) is 91.1 Å². The summed E-state index contributed by atoms with van der Waals surface area (Å²) in [6.45, 7) is 5.91. The maximum atomic E-state index is 12.6. The van der Waals surface area contributed by atoms with Gasteiger partial charge in [0.2, 0.25) is 5.78 Å². The summed E-state index contributed by atoms with van der Waals surface area (Å²) in [7, 11) is 0. The number of ketones is 1. The zero-order valence-corrected chi connectivity index (χ0v) is 19.5. The zero-order chi connectivity index (χ0) is 22.5. The van der Waals surface area contributed by atoms with Gasteiger partial charge < -0.3 is 4.74 Å². The van der Waals surface area contributed by atoms with Gasteiger partial charge in [-0.05, 0) is 42.9 Å². The van der Waals surface area contributed by atoms with Gasteiger partial charge in [-0.3, -0.25) is 9.59 Å². The number of carbonyl (C=O) groups is 2. The molecular formula is C28H38O3. The molecule has 0 fully saturated rings. The van der Waals surface area contributed by atoms with Crippen molar-refractivity contribution in [3.63, 3.8) is 0 Å². The number of carbonyl (C=O) groups excluding carboxylic acids is 2. The summed E-state index contributed by atoms with van der Waals surface area (Å²) < 4.78 is 5.27. The topological polar surface area (TPSA) is 43.4 Å². The fourth-order valence-electron chi connectivity index (χ4n) is 3.67. The third-order valence-electron chi connectivity index (χ3n) is 5.69. The number of Topliss-reactive ketones (excluding diaryl/α,β-unsaturated/α-hetero) is 1. The van der Waals surface area contributed by atoms with Crippen LogP contribution in [0.3, 0.4) is 0 Å². The van der Waals surface area contributed by atoms with Gasteiger partial charge in [0.1, 0.15) is 0 Å². The van der Waals surface area contributed by atoms with Gasteiger partial charge in [-0.15, -0.1) is 0 Å². The van der Waals surface area contributed by atoms with Crippen molar-refractivity contribution in [1.82, 2.24) is 0 Å². The molecule has 0 bridgehead atoms. The highest BCUT2D eigenvalue weighted by Gasteiger charge is 2.19. The van der Waals surface area contributed by atoms with E-state index in [2.05, 4.69) is 31.2 Å². The van der Waals surface area contributed by atoms with Crippen LogP contribution in [0, 0.1) is 0 Å². The van der Waals surface area contributed by atoms with Crippen molar-refractivity contribution in [2.75, 3.05) is 0 Å². The molecule has 0 aliphatic rings. The minimum atomic E-state index is -0.753. The van der Waals surface area contributed by atoms with E-state index in [0.717, 1.165) is 30.4 Å². The number of rotatable bonds is 14. The average molecular weight is 423 g/mol. The third kappa shape index (κ3) is 8.69. The molecule has 0 radical (unpaired) electrons. The first-order valence-corrected chi connectivity index (χ1v) is 12.0. The standard InChI is InChI=1S/C28H38O3/c1-4-6-8-9-10-11-12-23-14-16-24(17-15-23)25-18-20-26(21-19-25)28(30)22(3)31-27(29)13-7-5-2/h14-22H,4-13H2,1-3H3.